The van der Waals surface area contributed by atoms with E-state index < -0.39 is 6.10 Å². The third kappa shape index (κ3) is 5.38. The van der Waals surface area contributed by atoms with Gasteiger partial charge in [-0.15, -0.1) is 0 Å². The number of hydrogen-bond acceptors (Lipinski definition) is 4. The normalized spacial score (nSPS) is 16.4. The van der Waals surface area contributed by atoms with E-state index in [1.165, 1.54) is 11.3 Å². The number of benzene rings is 2. The number of hydrogen-bond donors (Lipinski definition) is 1. The van der Waals surface area contributed by atoms with Crippen LogP contribution in [0.2, 0.25) is 5.02 Å². The Hall–Kier alpha value is -1.75. The standard InChI is InChI=1S/C22H29ClN2O2/c1-16-4-5-18(3)22(12-16)27-15-20(26)14-24-8-10-25(11-9-24)21-13-19(23)7-6-17(21)2/h4-7,12-13,20,26H,8-11,14-15H2,1-3H3/t20-/m0/s1. The van der Waals surface area contributed by atoms with Crippen LogP contribution >= 0.6 is 11.6 Å². The minimum Gasteiger partial charge on any atom is -0.491 e. The molecular weight excluding hydrogens is 360 g/mol. The molecule has 2 aromatic carbocycles. The first-order valence-corrected chi connectivity index (χ1v) is 9.92. The fraction of sp³-hybridized carbons (Fsp3) is 0.455. The van der Waals surface area contributed by atoms with Gasteiger partial charge in [-0.25, -0.2) is 0 Å². The van der Waals surface area contributed by atoms with Crippen LogP contribution in [0.1, 0.15) is 16.7 Å². The minimum atomic E-state index is -0.496. The predicted molar refractivity (Wildman–Crippen MR) is 112 cm³/mol. The number of anilines is 1. The summed E-state index contributed by atoms with van der Waals surface area (Å²) in [6.45, 7) is 10.9. The van der Waals surface area contributed by atoms with Crippen LogP contribution in [0, 0.1) is 20.8 Å². The highest BCUT2D eigenvalue weighted by molar-refractivity contribution is 6.30. The van der Waals surface area contributed by atoms with Crippen molar-refractivity contribution >= 4 is 17.3 Å². The molecule has 0 saturated carbocycles. The van der Waals surface area contributed by atoms with Crippen LogP contribution in [0.5, 0.6) is 5.75 Å². The number of aliphatic hydroxyl groups excluding tert-OH is 1. The molecule has 1 atom stereocenters. The van der Waals surface area contributed by atoms with Crippen LogP contribution in [0.15, 0.2) is 36.4 Å². The number of β-amino-alcohol motifs (C(OH)–C–C–N with tert-alkyl or cyclic N) is 1. The van der Waals surface area contributed by atoms with Crippen molar-refractivity contribution in [1.82, 2.24) is 4.90 Å². The summed E-state index contributed by atoms with van der Waals surface area (Å²) in [4.78, 5) is 4.67. The lowest BCUT2D eigenvalue weighted by atomic mass is 10.1. The van der Waals surface area contributed by atoms with Gasteiger partial charge in [0.1, 0.15) is 18.5 Å². The molecule has 3 rings (SSSR count). The van der Waals surface area contributed by atoms with Crippen molar-refractivity contribution in [2.45, 2.75) is 26.9 Å². The van der Waals surface area contributed by atoms with Crippen molar-refractivity contribution in [2.24, 2.45) is 0 Å². The van der Waals surface area contributed by atoms with E-state index in [4.69, 9.17) is 16.3 Å². The summed E-state index contributed by atoms with van der Waals surface area (Å²) >= 11 is 6.16. The van der Waals surface area contributed by atoms with E-state index in [2.05, 4.69) is 28.9 Å². The highest BCUT2D eigenvalue weighted by atomic mass is 35.5. The van der Waals surface area contributed by atoms with Gasteiger partial charge in [-0.05, 0) is 55.7 Å². The summed E-state index contributed by atoms with van der Waals surface area (Å²) in [6.07, 6.45) is -0.496. The van der Waals surface area contributed by atoms with Gasteiger partial charge in [0.25, 0.3) is 0 Å². The fourth-order valence-corrected chi connectivity index (χ4v) is 3.66. The molecule has 1 heterocycles. The van der Waals surface area contributed by atoms with Gasteiger partial charge in [0.15, 0.2) is 0 Å². The molecule has 1 N–H and O–H groups in total. The molecule has 2 aromatic rings. The van der Waals surface area contributed by atoms with Gasteiger partial charge in [-0.2, -0.15) is 0 Å². The van der Waals surface area contributed by atoms with Crippen LogP contribution < -0.4 is 9.64 Å². The summed E-state index contributed by atoms with van der Waals surface area (Å²) in [5.41, 5.74) is 4.71. The number of piperazine rings is 1. The molecule has 0 radical (unpaired) electrons. The minimum absolute atomic E-state index is 0.317. The molecule has 0 unspecified atom stereocenters. The summed E-state index contributed by atoms with van der Waals surface area (Å²) in [6, 6.07) is 12.2. The van der Waals surface area contributed by atoms with Crippen molar-refractivity contribution in [3.8, 4) is 5.75 Å². The maximum absolute atomic E-state index is 10.4. The van der Waals surface area contributed by atoms with Gasteiger partial charge in [-0.1, -0.05) is 29.8 Å². The van der Waals surface area contributed by atoms with Crippen LogP contribution in [0.4, 0.5) is 5.69 Å². The van der Waals surface area contributed by atoms with Crippen molar-refractivity contribution in [1.29, 1.82) is 0 Å². The molecule has 1 saturated heterocycles. The molecule has 0 bridgehead atoms. The molecule has 1 aliphatic rings. The molecule has 27 heavy (non-hydrogen) atoms. The van der Waals surface area contributed by atoms with E-state index in [1.54, 1.807) is 0 Å². The lowest BCUT2D eigenvalue weighted by Gasteiger charge is -2.37. The van der Waals surface area contributed by atoms with Crippen LogP contribution in [-0.4, -0.2) is 55.4 Å². The first-order valence-electron chi connectivity index (χ1n) is 9.54. The first kappa shape index (κ1) is 20.0. The van der Waals surface area contributed by atoms with Crippen LogP contribution in [-0.2, 0) is 0 Å². The van der Waals surface area contributed by atoms with Crippen LogP contribution in [0.3, 0.4) is 0 Å². The molecule has 0 spiro atoms. The lowest BCUT2D eigenvalue weighted by Crippen LogP contribution is -2.49. The van der Waals surface area contributed by atoms with Crippen molar-refractivity contribution in [2.75, 3.05) is 44.2 Å². The lowest BCUT2D eigenvalue weighted by molar-refractivity contribution is 0.0660. The Balaban J connectivity index is 1.47. The van der Waals surface area contributed by atoms with E-state index in [0.29, 0.717) is 13.2 Å². The van der Waals surface area contributed by atoms with E-state index in [1.807, 2.05) is 38.1 Å². The van der Waals surface area contributed by atoms with Gasteiger partial charge in [0, 0.05) is 43.4 Å². The second-order valence-corrected chi connectivity index (χ2v) is 7.89. The second kappa shape index (κ2) is 8.96. The first-order chi connectivity index (χ1) is 12.9. The van der Waals surface area contributed by atoms with Gasteiger partial charge < -0.3 is 14.7 Å². The Kier molecular flexibility index (Phi) is 6.64. The van der Waals surface area contributed by atoms with Gasteiger partial charge in [0.05, 0.1) is 0 Å². The molecule has 4 nitrogen and oxygen atoms in total. The summed E-state index contributed by atoms with van der Waals surface area (Å²) in [5, 5.41) is 11.2. The van der Waals surface area contributed by atoms with Crippen molar-refractivity contribution < 1.29 is 9.84 Å². The summed E-state index contributed by atoms with van der Waals surface area (Å²) in [5.74, 6) is 0.857. The Morgan fingerprint density at radius 3 is 2.44 bits per heavy atom. The number of halogens is 1. The monoisotopic (exact) mass is 388 g/mol. The Morgan fingerprint density at radius 1 is 1.00 bits per heavy atom. The third-order valence-electron chi connectivity index (χ3n) is 5.13. The Bertz CT molecular complexity index is 773. The Morgan fingerprint density at radius 2 is 1.70 bits per heavy atom. The fourth-order valence-electron chi connectivity index (χ4n) is 3.49. The molecule has 0 aromatic heterocycles. The maximum atomic E-state index is 10.4. The number of ether oxygens (including phenoxy) is 1. The van der Waals surface area contributed by atoms with E-state index in [-0.39, 0.29) is 0 Å². The molecule has 146 valence electrons. The molecule has 1 fully saturated rings. The van der Waals surface area contributed by atoms with E-state index in [9.17, 15) is 5.11 Å². The maximum Gasteiger partial charge on any atom is 0.122 e. The van der Waals surface area contributed by atoms with Crippen molar-refractivity contribution in [3.63, 3.8) is 0 Å². The highest BCUT2D eigenvalue weighted by Crippen LogP contribution is 2.25. The molecule has 1 aliphatic heterocycles. The molecular formula is C22H29ClN2O2. The van der Waals surface area contributed by atoms with Gasteiger partial charge >= 0.3 is 0 Å². The zero-order valence-electron chi connectivity index (χ0n) is 16.4. The topological polar surface area (TPSA) is 35.9 Å². The number of rotatable bonds is 6. The van der Waals surface area contributed by atoms with E-state index >= 15 is 0 Å². The number of aliphatic hydroxyl groups is 1. The van der Waals surface area contributed by atoms with Crippen molar-refractivity contribution in [3.05, 3.63) is 58.1 Å². The van der Waals surface area contributed by atoms with Gasteiger partial charge in [-0.3, -0.25) is 4.90 Å². The number of aryl methyl sites for hydroxylation is 3. The highest BCUT2D eigenvalue weighted by Gasteiger charge is 2.21. The summed E-state index contributed by atoms with van der Waals surface area (Å²) < 4.78 is 5.84. The quantitative estimate of drug-likeness (QED) is 0.815. The average molecular weight is 389 g/mol. The van der Waals surface area contributed by atoms with E-state index in [0.717, 1.165) is 48.1 Å². The molecule has 0 aliphatic carbocycles. The Labute approximate surface area is 167 Å². The largest absolute Gasteiger partial charge is 0.491 e. The van der Waals surface area contributed by atoms with Gasteiger partial charge in [0.2, 0.25) is 0 Å². The predicted octanol–water partition coefficient (Wildman–Crippen LogP) is 3.83. The average Bonchev–Trinajstić information content (AvgIpc) is 2.65. The zero-order valence-corrected chi connectivity index (χ0v) is 17.2. The molecule has 5 heteroatoms. The number of nitrogens with zero attached hydrogens (tertiary/aromatic N) is 2. The SMILES string of the molecule is Cc1ccc(C)c(OC[C@@H](O)CN2CCN(c3cc(Cl)ccc3C)CC2)c1. The molecule has 0 amide bonds. The smallest absolute Gasteiger partial charge is 0.122 e. The van der Waals surface area contributed by atoms with Crippen LogP contribution in [0.25, 0.3) is 0 Å². The second-order valence-electron chi connectivity index (χ2n) is 7.45. The zero-order chi connectivity index (χ0) is 19.4. The third-order valence-corrected chi connectivity index (χ3v) is 5.36. The summed E-state index contributed by atoms with van der Waals surface area (Å²) in [7, 11) is 0.